The van der Waals surface area contributed by atoms with Gasteiger partial charge in [0.15, 0.2) is 12.4 Å². The van der Waals surface area contributed by atoms with Crippen LogP contribution >= 0.6 is 0 Å². The first-order valence-corrected chi connectivity index (χ1v) is 9.55. The second-order valence-corrected chi connectivity index (χ2v) is 7.13. The average Bonchev–Trinajstić information content (AvgIpc) is 3.35. The van der Waals surface area contributed by atoms with E-state index in [1.807, 2.05) is 37.5 Å². The number of aromatic nitrogens is 1. The Bertz CT molecular complexity index is 1090. The van der Waals surface area contributed by atoms with Crippen molar-refractivity contribution in [1.29, 1.82) is 0 Å². The van der Waals surface area contributed by atoms with E-state index in [9.17, 15) is 14.4 Å². The molecule has 0 saturated heterocycles. The van der Waals surface area contributed by atoms with Gasteiger partial charge in [0.25, 0.3) is 5.91 Å². The number of nitrogens with one attached hydrogen (secondary N) is 1. The van der Waals surface area contributed by atoms with Crippen molar-refractivity contribution in [1.82, 2.24) is 9.88 Å². The molecule has 7 nitrogen and oxygen atoms in total. The Labute approximate surface area is 174 Å². The summed E-state index contributed by atoms with van der Waals surface area (Å²) >= 11 is 0. The van der Waals surface area contributed by atoms with Crippen molar-refractivity contribution in [3.05, 3.63) is 76.5 Å². The quantitative estimate of drug-likeness (QED) is 0.478. The first kappa shape index (κ1) is 21.1. The van der Waals surface area contributed by atoms with Crippen LogP contribution < -0.4 is 5.32 Å². The van der Waals surface area contributed by atoms with Crippen molar-refractivity contribution in [3.8, 4) is 5.69 Å². The van der Waals surface area contributed by atoms with E-state index in [2.05, 4.69) is 18.3 Å². The third-order valence-corrected chi connectivity index (χ3v) is 4.98. The van der Waals surface area contributed by atoms with Gasteiger partial charge in [-0.1, -0.05) is 6.07 Å². The molecule has 1 N–H and O–H groups in total. The Hall–Kier alpha value is -3.61. The number of amides is 1. The summed E-state index contributed by atoms with van der Waals surface area (Å²) in [5.41, 5.74) is 5.53. The van der Waals surface area contributed by atoms with Gasteiger partial charge in [0.2, 0.25) is 5.78 Å². The van der Waals surface area contributed by atoms with Gasteiger partial charge in [-0.15, -0.1) is 0 Å². The number of Topliss-reactive ketones (excluding diaryl/α,β-unsaturated/α-hetero) is 1. The van der Waals surface area contributed by atoms with Crippen LogP contribution in [0.25, 0.3) is 5.69 Å². The van der Waals surface area contributed by atoms with Crippen LogP contribution in [-0.4, -0.2) is 35.4 Å². The lowest BCUT2D eigenvalue weighted by molar-refractivity contribution is -0.141. The first-order valence-electron chi connectivity index (χ1n) is 9.55. The van der Waals surface area contributed by atoms with Crippen LogP contribution in [0.15, 0.2) is 47.1 Å². The topological polar surface area (TPSA) is 90.5 Å². The summed E-state index contributed by atoms with van der Waals surface area (Å²) in [4.78, 5) is 36.2. The number of nitrogens with zero attached hydrogens (tertiary/aromatic N) is 1. The van der Waals surface area contributed by atoms with Gasteiger partial charge in [0.1, 0.15) is 6.54 Å². The summed E-state index contributed by atoms with van der Waals surface area (Å²) in [6.45, 7) is 7.13. The fourth-order valence-corrected chi connectivity index (χ4v) is 3.23. The highest BCUT2D eigenvalue weighted by atomic mass is 16.5. The number of carbonyl (C=O) groups excluding carboxylic acids is 3. The SMILES string of the molecule is Cc1ccc(-n2c(C)cc(C(=O)COC(=O)CNC(=O)c3ccco3)c2C)cc1C. The number of rotatable bonds is 7. The molecule has 0 unspecified atom stereocenters. The molecule has 0 aliphatic rings. The third kappa shape index (κ3) is 4.51. The van der Waals surface area contributed by atoms with Crippen molar-refractivity contribution in [2.24, 2.45) is 0 Å². The molecule has 0 aliphatic carbocycles. The van der Waals surface area contributed by atoms with Crippen LogP contribution in [0.2, 0.25) is 0 Å². The van der Waals surface area contributed by atoms with Crippen LogP contribution in [0.5, 0.6) is 0 Å². The molecule has 0 aliphatic heterocycles. The molecule has 0 spiro atoms. The van der Waals surface area contributed by atoms with E-state index in [0.29, 0.717) is 5.56 Å². The molecule has 0 atom stereocenters. The second-order valence-electron chi connectivity index (χ2n) is 7.13. The van der Waals surface area contributed by atoms with Gasteiger partial charge in [-0.3, -0.25) is 14.4 Å². The lowest BCUT2D eigenvalue weighted by Gasteiger charge is -2.12. The molecule has 2 heterocycles. The monoisotopic (exact) mass is 408 g/mol. The highest BCUT2D eigenvalue weighted by Crippen LogP contribution is 2.23. The van der Waals surface area contributed by atoms with Crippen LogP contribution in [-0.2, 0) is 9.53 Å². The Morgan fingerprint density at radius 2 is 1.80 bits per heavy atom. The van der Waals surface area contributed by atoms with E-state index in [1.165, 1.54) is 23.5 Å². The summed E-state index contributed by atoms with van der Waals surface area (Å²) in [7, 11) is 0. The van der Waals surface area contributed by atoms with Crippen LogP contribution in [0.3, 0.4) is 0 Å². The lowest BCUT2D eigenvalue weighted by atomic mass is 10.1. The number of ketones is 1. The highest BCUT2D eigenvalue weighted by Gasteiger charge is 2.19. The maximum absolute atomic E-state index is 12.6. The smallest absolute Gasteiger partial charge is 0.325 e. The number of ether oxygens (including phenoxy) is 1. The van der Waals surface area contributed by atoms with Gasteiger partial charge in [0, 0.05) is 22.6 Å². The largest absolute Gasteiger partial charge is 0.459 e. The number of carbonyl (C=O) groups is 3. The van der Waals surface area contributed by atoms with Gasteiger partial charge >= 0.3 is 5.97 Å². The summed E-state index contributed by atoms with van der Waals surface area (Å²) in [5, 5.41) is 2.38. The van der Waals surface area contributed by atoms with Gasteiger partial charge in [-0.05, 0) is 69.2 Å². The Kier molecular flexibility index (Phi) is 6.20. The zero-order chi connectivity index (χ0) is 21.8. The molecule has 156 valence electrons. The van der Waals surface area contributed by atoms with Crippen molar-refractivity contribution in [3.63, 3.8) is 0 Å². The minimum absolute atomic E-state index is 0.0951. The molecule has 0 saturated carbocycles. The van der Waals surface area contributed by atoms with Crippen molar-refractivity contribution < 1.29 is 23.5 Å². The zero-order valence-electron chi connectivity index (χ0n) is 17.4. The molecular formula is C23H24N2O5. The second kappa shape index (κ2) is 8.82. The molecule has 2 aromatic heterocycles. The molecule has 3 aromatic rings. The first-order chi connectivity index (χ1) is 14.3. The predicted molar refractivity (Wildman–Crippen MR) is 111 cm³/mol. The summed E-state index contributed by atoms with van der Waals surface area (Å²) in [6, 6.07) is 11.0. The molecule has 0 bridgehead atoms. The van der Waals surface area contributed by atoms with Crippen molar-refractivity contribution in [2.45, 2.75) is 27.7 Å². The Balaban J connectivity index is 1.62. The normalized spacial score (nSPS) is 10.7. The molecule has 7 heteroatoms. The van der Waals surface area contributed by atoms with Crippen LogP contribution in [0.4, 0.5) is 0 Å². The number of esters is 1. The molecule has 3 rings (SSSR count). The minimum atomic E-state index is -0.703. The maximum Gasteiger partial charge on any atom is 0.325 e. The van der Waals surface area contributed by atoms with E-state index in [0.717, 1.165) is 17.1 Å². The Morgan fingerprint density at radius 1 is 1.03 bits per heavy atom. The van der Waals surface area contributed by atoms with Crippen LogP contribution in [0.1, 0.15) is 43.4 Å². The minimum Gasteiger partial charge on any atom is -0.459 e. The number of hydrogen-bond donors (Lipinski definition) is 1. The molecule has 0 fully saturated rings. The number of furan rings is 1. The molecule has 1 amide bonds. The van der Waals surface area contributed by atoms with Crippen molar-refractivity contribution >= 4 is 17.7 Å². The number of hydrogen-bond acceptors (Lipinski definition) is 5. The summed E-state index contributed by atoms with van der Waals surface area (Å²) in [6.07, 6.45) is 1.36. The summed E-state index contributed by atoms with van der Waals surface area (Å²) in [5.74, 6) is -1.44. The highest BCUT2D eigenvalue weighted by molar-refractivity contribution is 5.99. The van der Waals surface area contributed by atoms with E-state index < -0.39 is 18.5 Å². The molecule has 1 aromatic carbocycles. The van der Waals surface area contributed by atoms with E-state index >= 15 is 0 Å². The number of benzene rings is 1. The Morgan fingerprint density at radius 3 is 2.47 bits per heavy atom. The van der Waals surface area contributed by atoms with E-state index in [4.69, 9.17) is 9.15 Å². The zero-order valence-corrected chi connectivity index (χ0v) is 17.4. The maximum atomic E-state index is 12.6. The molecule has 0 radical (unpaired) electrons. The third-order valence-electron chi connectivity index (χ3n) is 4.98. The van der Waals surface area contributed by atoms with E-state index in [1.54, 1.807) is 12.1 Å². The summed E-state index contributed by atoms with van der Waals surface area (Å²) < 4.78 is 12.0. The molecule has 30 heavy (non-hydrogen) atoms. The van der Waals surface area contributed by atoms with Crippen molar-refractivity contribution in [2.75, 3.05) is 13.2 Å². The van der Waals surface area contributed by atoms with Gasteiger partial charge in [0.05, 0.1) is 6.26 Å². The van der Waals surface area contributed by atoms with Gasteiger partial charge in [-0.2, -0.15) is 0 Å². The predicted octanol–water partition coefficient (Wildman–Crippen LogP) is 3.46. The van der Waals surface area contributed by atoms with Gasteiger partial charge in [-0.25, -0.2) is 0 Å². The molecular weight excluding hydrogens is 384 g/mol. The van der Waals surface area contributed by atoms with E-state index in [-0.39, 0.29) is 18.1 Å². The fourth-order valence-electron chi connectivity index (χ4n) is 3.23. The van der Waals surface area contributed by atoms with Crippen LogP contribution in [0, 0.1) is 27.7 Å². The fraction of sp³-hybridized carbons (Fsp3) is 0.261. The lowest BCUT2D eigenvalue weighted by Crippen LogP contribution is -2.31. The number of aryl methyl sites for hydroxylation is 3. The average molecular weight is 408 g/mol. The standard InChI is InChI=1S/C23H24N2O5/c1-14-7-8-18(10-15(14)2)25-16(3)11-19(17(25)4)20(26)13-30-22(27)12-24-23(28)21-6-5-9-29-21/h5-11H,12-13H2,1-4H3,(H,24,28). The van der Waals surface area contributed by atoms with Gasteiger partial charge < -0.3 is 19.0 Å².